The zero-order chi connectivity index (χ0) is 26.4. The number of thiophene rings is 1. The van der Waals surface area contributed by atoms with Crippen LogP contribution in [0.5, 0.6) is 5.75 Å². The Hall–Kier alpha value is -4.19. The zero-order valence-electron chi connectivity index (χ0n) is 20.0. The fourth-order valence-corrected chi connectivity index (χ4v) is 4.29. The van der Waals surface area contributed by atoms with Crippen LogP contribution in [0.3, 0.4) is 0 Å². The van der Waals surface area contributed by atoms with Crippen LogP contribution in [0.25, 0.3) is 0 Å². The Labute approximate surface area is 210 Å². The van der Waals surface area contributed by atoms with Gasteiger partial charge >= 0.3 is 17.6 Å². The first-order chi connectivity index (χ1) is 17.2. The minimum absolute atomic E-state index is 0.0593. The second-order valence-corrected chi connectivity index (χ2v) is 8.65. The van der Waals surface area contributed by atoms with Gasteiger partial charge in [0.1, 0.15) is 22.2 Å². The van der Waals surface area contributed by atoms with Crippen molar-refractivity contribution >= 4 is 39.9 Å². The molecule has 2 heterocycles. The average molecular weight is 517 g/mol. The van der Waals surface area contributed by atoms with Crippen molar-refractivity contribution in [3.8, 4) is 5.75 Å². The molecule has 11 nitrogen and oxygen atoms in total. The number of nitrogens with one attached hydrogen (secondary N) is 1. The molecule has 0 unspecified atom stereocenters. The third-order valence-corrected chi connectivity index (χ3v) is 6.14. The molecule has 2 aromatic heterocycles. The van der Waals surface area contributed by atoms with Crippen molar-refractivity contribution in [2.45, 2.75) is 33.8 Å². The summed E-state index contributed by atoms with van der Waals surface area (Å²) in [6.45, 7) is 5.15. The highest BCUT2D eigenvalue weighted by Crippen LogP contribution is 2.35. The molecule has 12 heteroatoms. The Kier molecular flexibility index (Phi) is 8.43. The lowest BCUT2D eigenvalue weighted by Gasteiger charge is -2.07. The van der Waals surface area contributed by atoms with Gasteiger partial charge < -0.3 is 23.9 Å². The molecule has 1 aromatic carbocycles. The molecule has 0 fully saturated rings. The van der Waals surface area contributed by atoms with E-state index in [1.165, 1.54) is 31.4 Å². The topological polar surface area (TPSA) is 147 Å². The Morgan fingerprint density at radius 2 is 1.89 bits per heavy atom. The summed E-state index contributed by atoms with van der Waals surface area (Å²) in [6.07, 6.45) is 0.601. The molecule has 0 bridgehead atoms. The number of hydrogen-bond donors (Lipinski definition) is 1. The lowest BCUT2D eigenvalue weighted by molar-refractivity contribution is -0.386. The van der Waals surface area contributed by atoms with Crippen LogP contribution in [-0.2, 0) is 16.1 Å². The van der Waals surface area contributed by atoms with Crippen LogP contribution in [0.4, 0.5) is 10.7 Å². The van der Waals surface area contributed by atoms with E-state index in [9.17, 15) is 24.5 Å². The molecule has 0 atom stereocenters. The number of methoxy groups -OCH3 is 1. The standard InChI is InChI=1S/C24H24N2O9S/c1-5-10-33-23(28)19-14(3)20(24(29)32-4)36-22(19)25-21(27)18-9-7-15(35-18)12-34-17-8-6-13(2)11-16(17)26(30)31/h6-9,11H,5,10,12H2,1-4H3,(H,25,27). The zero-order valence-corrected chi connectivity index (χ0v) is 20.9. The molecule has 0 saturated carbocycles. The molecule has 190 valence electrons. The smallest absolute Gasteiger partial charge is 0.348 e. The van der Waals surface area contributed by atoms with E-state index in [-0.39, 0.29) is 51.6 Å². The van der Waals surface area contributed by atoms with Crippen molar-refractivity contribution in [1.82, 2.24) is 0 Å². The molecule has 0 radical (unpaired) electrons. The summed E-state index contributed by atoms with van der Waals surface area (Å²) in [6, 6.07) is 7.45. The molecule has 0 aliphatic rings. The van der Waals surface area contributed by atoms with Crippen LogP contribution < -0.4 is 10.1 Å². The predicted octanol–water partition coefficient (Wildman–Crippen LogP) is 5.05. The summed E-state index contributed by atoms with van der Waals surface area (Å²) in [5.41, 5.74) is 0.917. The van der Waals surface area contributed by atoms with Gasteiger partial charge in [0.05, 0.1) is 24.2 Å². The quantitative estimate of drug-likeness (QED) is 0.222. The van der Waals surface area contributed by atoms with Crippen molar-refractivity contribution in [3.05, 3.63) is 73.5 Å². The number of carbonyl (C=O) groups excluding carboxylic acids is 3. The van der Waals surface area contributed by atoms with Crippen LogP contribution >= 0.6 is 11.3 Å². The van der Waals surface area contributed by atoms with Gasteiger partial charge in [-0.15, -0.1) is 11.3 Å². The van der Waals surface area contributed by atoms with Gasteiger partial charge in [0.25, 0.3) is 5.91 Å². The van der Waals surface area contributed by atoms with Gasteiger partial charge in [-0.05, 0) is 49.6 Å². The summed E-state index contributed by atoms with van der Waals surface area (Å²) < 4.78 is 21.0. The van der Waals surface area contributed by atoms with Gasteiger partial charge in [0, 0.05) is 6.07 Å². The lowest BCUT2D eigenvalue weighted by atomic mass is 10.1. The van der Waals surface area contributed by atoms with Gasteiger partial charge in [-0.25, -0.2) is 9.59 Å². The number of nitro benzene ring substituents is 1. The first-order valence-corrected chi connectivity index (χ1v) is 11.6. The van der Waals surface area contributed by atoms with Gasteiger partial charge in [-0.1, -0.05) is 13.0 Å². The number of ether oxygens (including phenoxy) is 3. The molecular weight excluding hydrogens is 492 g/mol. The third kappa shape index (κ3) is 5.89. The fraction of sp³-hybridized carbons (Fsp3) is 0.292. The number of nitro groups is 1. The first kappa shape index (κ1) is 26.4. The van der Waals surface area contributed by atoms with Crippen LogP contribution in [0.15, 0.2) is 34.7 Å². The molecular formula is C24H24N2O9S. The van der Waals surface area contributed by atoms with Crippen LogP contribution in [0.2, 0.25) is 0 Å². The average Bonchev–Trinajstić information content (AvgIpc) is 3.45. The number of aryl methyl sites for hydroxylation is 1. The van der Waals surface area contributed by atoms with Gasteiger partial charge in [0.15, 0.2) is 11.5 Å². The van der Waals surface area contributed by atoms with E-state index >= 15 is 0 Å². The van der Waals surface area contributed by atoms with E-state index in [1.807, 2.05) is 6.92 Å². The minimum atomic E-state index is -0.677. The second-order valence-electron chi connectivity index (χ2n) is 7.62. The highest BCUT2D eigenvalue weighted by molar-refractivity contribution is 7.18. The number of hydrogen-bond acceptors (Lipinski definition) is 10. The molecule has 0 aliphatic heterocycles. The molecule has 1 amide bonds. The lowest BCUT2D eigenvalue weighted by Crippen LogP contribution is -2.14. The number of furan rings is 1. The van der Waals surface area contributed by atoms with E-state index in [0.717, 1.165) is 11.3 Å². The van der Waals surface area contributed by atoms with Crippen LogP contribution in [0, 0.1) is 24.0 Å². The largest absolute Gasteiger partial charge is 0.479 e. The maximum absolute atomic E-state index is 12.8. The number of amides is 1. The Bertz CT molecular complexity index is 1310. The number of nitrogens with zero attached hydrogens (tertiary/aromatic N) is 1. The highest BCUT2D eigenvalue weighted by Gasteiger charge is 2.28. The first-order valence-electron chi connectivity index (χ1n) is 10.8. The Morgan fingerprint density at radius 1 is 1.14 bits per heavy atom. The van der Waals surface area contributed by atoms with E-state index in [0.29, 0.717) is 17.5 Å². The minimum Gasteiger partial charge on any atom is -0.479 e. The summed E-state index contributed by atoms with van der Waals surface area (Å²) in [5.74, 6) is -1.78. The van der Waals surface area contributed by atoms with Crippen molar-refractivity contribution in [2.75, 3.05) is 19.0 Å². The maximum atomic E-state index is 12.8. The Morgan fingerprint density at radius 3 is 2.56 bits per heavy atom. The van der Waals surface area contributed by atoms with Crippen molar-refractivity contribution in [2.24, 2.45) is 0 Å². The number of anilines is 1. The normalized spacial score (nSPS) is 10.6. The van der Waals surface area contributed by atoms with Gasteiger partial charge in [0.2, 0.25) is 0 Å². The summed E-state index contributed by atoms with van der Waals surface area (Å²) >= 11 is 0.886. The summed E-state index contributed by atoms with van der Waals surface area (Å²) in [5, 5.41) is 14.0. The highest BCUT2D eigenvalue weighted by atomic mass is 32.1. The summed E-state index contributed by atoms with van der Waals surface area (Å²) in [7, 11) is 1.21. The molecule has 3 rings (SSSR count). The van der Waals surface area contributed by atoms with E-state index in [1.54, 1.807) is 19.9 Å². The molecule has 1 N–H and O–H groups in total. The molecule has 0 aliphatic carbocycles. The molecule has 0 saturated heterocycles. The van der Waals surface area contributed by atoms with Gasteiger partial charge in [-0.2, -0.15) is 0 Å². The van der Waals surface area contributed by atoms with E-state index < -0.39 is 22.8 Å². The van der Waals surface area contributed by atoms with Crippen LogP contribution in [-0.4, -0.2) is 36.5 Å². The van der Waals surface area contributed by atoms with Crippen molar-refractivity contribution in [3.63, 3.8) is 0 Å². The number of esters is 2. The number of rotatable bonds is 10. The predicted molar refractivity (Wildman–Crippen MR) is 130 cm³/mol. The molecule has 0 spiro atoms. The Balaban J connectivity index is 1.78. The van der Waals surface area contributed by atoms with Crippen molar-refractivity contribution in [1.29, 1.82) is 0 Å². The fourth-order valence-electron chi connectivity index (χ4n) is 3.18. The van der Waals surface area contributed by atoms with E-state index in [4.69, 9.17) is 18.6 Å². The van der Waals surface area contributed by atoms with Gasteiger partial charge in [-0.3, -0.25) is 14.9 Å². The summed E-state index contributed by atoms with van der Waals surface area (Å²) in [4.78, 5) is 48.4. The van der Waals surface area contributed by atoms with Crippen LogP contribution in [0.1, 0.15) is 60.8 Å². The monoisotopic (exact) mass is 516 g/mol. The maximum Gasteiger partial charge on any atom is 0.348 e. The number of benzene rings is 1. The SMILES string of the molecule is CCCOC(=O)c1c(NC(=O)c2ccc(COc3ccc(C)cc3[N+](=O)[O-])o2)sc(C(=O)OC)c1C. The molecule has 3 aromatic rings. The third-order valence-electron chi connectivity index (χ3n) is 4.95. The van der Waals surface area contributed by atoms with Crippen molar-refractivity contribution < 1.29 is 37.9 Å². The molecule has 36 heavy (non-hydrogen) atoms. The second kappa shape index (κ2) is 11.5. The number of carbonyl (C=O) groups is 3. The van der Waals surface area contributed by atoms with E-state index in [2.05, 4.69) is 5.32 Å².